The fourth-order valence-corrected chi connectivity index (χ4v) is 3.05. The lowest BCUT2D eigenvalue weighted by atomic mass is 10.0. The summed E-state index contributed by atoms with van der Waals surface area (Å²) >= 11 is 0. The lowest BCUT2D eigenvalue weighted by molar-refractivity contribution is -0.146. The van der Waals surface area contributed by atoms with Crippen LogP contribution in [-0.4, -0.2) is 59.0 Å². The maximum Gasteiger partial charge on any atom is 0.320 e. The SMILES string of the molecule is Cl.O=C(O)C1CCCCN1CC(=O)N1CCCCCC1. The van der Waals surface area contributed by atoms with E-state index in [4.69, 9.17) is 0 Å². The minimum atomic E-state index is -0.789. The van der Waals surface area contributed by atoms with Crippen molar-refractivity contribution in [1.82, 2.24) is 9.80 Å². The number of piperidine rings is 1. The molecule has 2 aliphatic heterocycles. The van der Waals surface area contributed by atoms with Crippen LogP contribution in [0.1, 0.15) is 44.9 Å². The number of carboxylic acids is 1. The van der Waals surface area contributed by atoms with Crippen LogP contribution in [0.15, 0.2) is 0 Å². The third-order valence-corrected chi connectivity index (χ3v) is 4.20. The van der Waals surface area contributed by atoms with E-state index in [-0.39, 0.29) is 24.9 Å². The number of halogens is 1. The summed E-state index contributed by atoms with van der Waals surface area (Å²) < 4.78 is 0. The Morgan fingerprint density at radius 3 is 2.15 bits per heavy atom. The first-order valence-corrected chi connectivity index (χ1v) is 7.43. The second-order valence-electron chi connectivity index (χ2n) is 5.62. The highest BCUT2D eigenvalue weighted by Gasteiger charge is 2.30. The molecular weight excluding hydrogens is 280 g/mol. The van der Waals surface area contributed by atoms with E-state index in [1.807, 2.05) is 9.80 Å². The van der Waals surface area contributed by atoms with Crippen molar-refractivity contribution in [2.24, 2.45) is 0 Å². The number of aliphatic carboxylic acids is 1. The van der Waals surface area contributed by atoms with Crippen molar-refractivity contribution in [2.45, 2.75) is 51.0 Å². The number of carboxylic acid groups (broad SMARTS) is 1. The minimum Gasteiger partial charge on any atom is -0.480 e. The first-order chi connectivity index (χ1) is 9.18. The van der Waals surface area contributed by atoms with E-state index < -0.39 is 12.0 Å². The fourth-order valence-electron chi connectivity index (χ4n) is 3.05. The van der Waals surface area contributed by atoms with Crippen LogP contribution in [0.4, 0.5) is 0 Å². The molecule has 116 valence electrons. The molecular formula is C14H25ClN2O3. The quantitative estimate of drug-likeness (QED) is 0.863. The molecule has 5 nitrogen and oxygen atoms in total. The van der Waals surface area contributed by atoms with Gasteiger partial charge in [0.15, 0.2) is 0 Å². The number of rotatable bonds is 3. The van der Waals surface area contributed by atoms with Crippen LogP contribution >= 0.6 is 12.4 Å². The van der Waals surface area contributed by atoms with Gasteiger partial charge < -0.3 is 10.0 Å². The molecule has 0 aromatic rings. The van der Waals surface area contributed by atoms with Gasteiger partial charge in [-0.25, -0.2) is 0 Å². The number of hydrogen-bond donors (Lipinski definition) is 1. The predicted octanol–water partition coefficient (Wildman–Crippen LogP) is 1.75. The molecule has 2 heterocycles. The van der Waals surface area contributed by atoms with Crippen LogP contribution in [-0.2, 0) is 9.59 Å². The normalized spacial score (nSPS) is 24.6. The molecule has 0 aromatic heterocycles. The molecule has 2 aliphatic rings. The van der Waals surface area contributed by atoms with Gasteiger partial charge in [0.2, 0.25) is 5.91 Å². The molecule has 20 heavy (non-hydrogen) atoms. The molecule has 1 amide bonds. The summed E-state index contributed by atoms with van der Waals surface area (Å²) in [5.74, 6) is -0.682. The average Bonchev–Trinajstić information content (AvgIpc) is 2.68. The Labute approximate surface area is 126 Å². The van der Waals surface area contributed by atoms with Crippen molar-refractivity contribution in [3.63, 3.8) is 0 Å². The Balaban J connectivity index is 0.00000200. The Morgan fingerprint density at radius 1 is 0.950 bits per heavy atom. The molecule has 1 unspecified atom stereocenters. The molecule has 0 aliphatic carbocycles. The predicted molar refractivity (Wildman–Crippen MR) is 79.1 cm³/mol. The number of carbonyl (C=O) groups excluding carboxylic acids is 1. The molecule has 0 aromatic carbocycles. The van der Waals surface area contributed by atoms with E-state index in [9.17, 15) is 14.7 Å². The summed E-state index contributed by atoms with van der Waals surface area (Å²) in [5, 5.41) is 9.21. The summed E-state index contributed by atoms with van der Waals surface area (Å²) in [5.41, 5.74) is 0. The van der Waals surface area contributed by atoms with E-state index in [1.165, 1.54) is 12.8 Å². The fraction of sp³-hybridized carbons (Fsp3) is 0.857. The van der Waals surface area contributed by atoms with Crippen LogP contribution < -0.4 is 0 Å². The topological polar surface area (TPSA) is 60.9 Å². The highest BCUT2D eigenvalue weighted by atomic mass is 35.5. The molecule has 0 saturated carbocycles. The number of nitrogens with zero attached hydrogens (tertiary/aromatic N) is 2. The van der Waals surface area contributed by atoms with E-state index >= 15 is 0 Å². The lowest BCUT2D eigenvalue weighted by Crippen LogP contribution is -2.50. The van der Waals surface area contributed by atoms with Gasteiger partial charge in [-0.3, -0.25) is 14.5 Å². The van der Waals surface area contributed by atoms with Gasteiger partial charge in [0.05, 0.1) is 6.54 Å². The van der Waals surface area contributed by atoms with Crippen molar-refractivity contribution < 1.29 is 14.7 Å². The number of carbonyl (C=O) groups is 2. The Morgan fingerprint density at radius 2 is 1.55 bits per heavy atom. The number of amides is 1. The van der Waals surface area contributed by atoms with Crippen LogP contribution in [0.25, 0.3) is 0 Å². The molecule has 2 fully saturated rings. The van der Waals surface area contributed by atoms with Gasteiger partial charge in [0.1, 0.15) is 6.04 Å². The first kappa shape index (κ1) is 17.2. The van der Waals surface area contributed by atoms with Gasteiger partial charge >= 0.3 is 5.97 Å². The molecule has 0 bridgehead atoms. The van der Waals surface area contributed by atoms with Crippen molar-refractivity contribution in [2.75, 3.05) is 26.2 Å². The van der Waals surface area contributed by atoms with Crippen molar-refractivity contribution in [1.29, 1.82) is 0 Å². The standard InChI is InChI=1S/C14H24N2O3.ClH/c17-13(15-8-4-1-2-5-9-15)11-16-10-6-3-7-12(16)14(18)19;/h12H,1-11H2,(H,18,19);1H. The van der Waals surface area contributed by atoms with Crippen LogP contribution in [0.2, 0.25) is 0 Å². The lowest BCUT2D eigenvalue weighted by Gasteiger charge is -2.33. The Kier molecular flexibility index (Phi) is 7.30. The molecule has 1 N–H and O–H groups in total. The summed E-state index contributed by atoms with van der Waals surface area (Å²) in [7, 11) is 0. The van der Waals surface area contributed by atoms with E-state index in [2.05, 4.69) is 0 Å². The summed E-state index contributed by atoms with van der Waals surface area (Å²) in [6, 6.07) is -0.468. The molecule has 2 rings (SSSR count). The summed E-state index contributed by atoms with van der Waals surface area (Å²) in [6.45, 7) is 2.68. The summed E-state index contributed by atoms with van der Waals surface area (Å²) in [6.07, 6.45) is 7.17. The maximum atomic E-state index is 12.3. The smallest absolute Gasteiger partial charge is 0.320 e. The zero-order valence-electron chi connectivity index (χ0n) is 11.9. The summed E-state index contributed by atoms with van der Waals surface area (Å²) in [4.78, 5) is 27.3. The van der Waals surface area contributed by atoms with Gasteiger partial charge in [0.25, 0.3) is 0 Å². The largest absolute Gasteiger partial charge is 0.480 e. The Bertz CT molecular complexity index is 330. The number of hydrogen-bond acceptors (Lipinski definition) is 3. The monoisotopic (exact) mass is 304 g/mol. The van der Waals surface area contributed by atoms with Crippen molar-refractivity contribution in [3.05, 3.63) is 0 Å². The zero-order chi connectivity index (χ0) is 13.7. The van der Waals surface area contributed by atoms with Crippen molar-refractivity contribution in [3.8, 4) is 0 Å². The van der Waals surface area contributed by atoms with Gasteiger partial charge in [0, 0.05) is 13.1 Å². The minimum absolute atomic E-state index is 0. The van der Waals surface area contributed by atoms with Crippen LogP contribution in [0.5, 0.6) is 0 Å². The molecule has 1 atom stereocenters. The molecule has 6 heteroatoms. The Hall–Kier alpha value is -0.810. The highest BCUT2D eigenvalue weighted by molar-refractivity contribution is 5.85. The van der Waals surface area contributed by atoms with Gasteiger partial charge in [-0.1, -0.05) is 19.3 Å². The van der Waals surface area contributed by atoms with Gasteiger partial charge in [-0.15, -0.1) is 12.4 Å². The zero-order valence-corrected chi connectivity index (χ0v) is 12.7. The van der Waals surface area contributed by atoms with E-state index in [1.54, 1.807) is 0 Å². The maximum absolute atomic E-state index is 12.3. The highest BCUT2D eigenvalue weighted by Crippen LogP contribution is 2.18. The number of likely N-dealkylation sites (tertiary alicyclic amines) is 2. The third-order valence-electron chi connectivity index (χ3n) is 4.20. The molecule has 2 saturated heterocycles. The van der Waals surface area contributed by atoms with Crippen molar-refractivity contribution >= 4 is 24.3 Å². The van der Waals surface area contributed by atoms with Gasteiger partial charge in [-0.05, 0) is 32.2 Å². The third kappa shape index (κ3) is 4.63. The van der Waals surface area contributed by atoms with Gasteiger partial charge in [-0.2, -0.15) is 0 Å². The second kappa shape index (κ2) is 8.47. The first-order valence-electron chi connectivity index (χ1n) is 7.43. The van der Waals surface area contributed by atoms with E-state index in [0.29, 0.717) is 6.42 Å². The average molecular weight is 305 g/mol. The second-order valence-corrected chi connectivity index (χ2v) is 5.62. The van der Waals surface area contributed by atoms with Crippen LogP contribution in [0, 0.1) is 0 Å². The van der Waals surface area contributed by atoms with Crippen LogP contribution in [0.3, 0.4) is 0 Å². The molecule has 0 radical (unpaired) electrons. The molecule has 0 spiro atoms. The van der Waals surface area contributed by atoms with E-state index in [0.717, 1.165) is 45.3 Å².